The van der Waals surface area contributed by atoms with Gasteiger partial charge in [0, 0.05) is 18.3 Å². The number of benzene rings is 1. The van der Waals surface area contributed by atoms with Gasteiger partial charge in [-0.05, 0) is 30.5 Å². The molecule has 0 fully saturated rings. The van der Waals surface area contributed by atoms with E-state index in [0.29, 0.717) is 11.4 Å². The molecule has 1 atom stereocenters. The van der Waals surface area contributed by atoms with Crippen molar-refractivity contribution < 1.29 is 9.59 Å². The van der Waals surface area contributed by atoms with E-state index in [1.807, 2.05) is 26.8 Å². The molecule has 0 aliphatic rings. The second-order valence-corrected chi connectivity index (χ2v) is 4.97. The van der Waals surface area contributed by atoms with Gasteiger partial charge in [-0.2, -0.15) is 0 Å². The number of hydrogen-bond donors (Lipinski definition) is 3. The topological polar surface area (TPSA) is 84.2 Å². The third kappa shape index (κ3) is 4.37. The van der Waals surface area contributed by atoms with Crippen molar-refractivity contribution in [1.82, 2.24) is 0 Å². The molecule has 4 N–H and O–H groups in total. The van der Waals surface area contributed by atoms with E-state index < -0.39 is 6.04 Å². The van der Waals surface area contributed by atoms with E-state index >= 15 is 0 Å². The molecule has 1 unspecified atom stereocenters. The predicted molar refractivity (Wildman–Crippen MR) is 76.9 cm³/mol. The summed E-state index contributed by atoms with van der Waals surface area (Å²) >= 11 is 0. The fourth-order valence-electron chi connectivity index (χ4n) is 1.56. The van der Waals surface area contributed by atoms with Crippen LogP contribution in [0.25, 0.3) is 0 Å². The molecule has 0 spiro atoms. The van der Waals surface area contributed by atoms with E-state index in [2.05, 4.69) is 10.6 Å². The summed E-state index contributed by atoms with van der Waals surface area (Å²) in [4.78, 5) is 22.9. The van der Waals surface area contributed by atoms with Gasteiger partial charge in [0.2, 0.25) is 11.8 Å². The second-order valence-electron chi connectivity index (χ2n) is 4.97. The van der Waals surface area contributed by atoms with Gasteiger partial charge in [-0.3, -0.25) is 9.59 Å². The molecule has 0 bridgehead atoms. The lowest BCUT2D eigenvalue weighted by Gasteiger charge is -2.17. The Bertz CT molecular complexity index is 484. The highest BCUT2D eigenvalue weighted by atomic mass is 16.2. The maximum Gasteiger partial charge on any atom is 0.241 e. The van der Waals surface area contributed by atoms with Crippen LogP contribution in [0.3, 0.4) is 0 Å². The van der Waals surface area contributed by atoms with Crippen molar-refractivity contribution in [1.29, 1.82) is 0 Å². The highest BCUT2D eigenvalue weighted by molar-refractivity contribution is 5.96. The van der Waals surface area contributed by atoms with Crippen LogP contribution in [0.4, 0.5) is 11.4 Å². The number of hydrogen-bond acceptors (Lipinski definition) is 3. The van der Waals surface area contributed by atoms with E-state index in [-0.39, 0.29) is 17.7 Å². The molecule has 104 valence electrons. The third-order valence-electron chi connectivity index (χ3n) is 2.84. The van der Waals surface area contributed by atoms with E-state index in [1.165, 1.54) is 6.92 Å². The summed E-state index contributed by atoms with van der Waals surface area (Å²) in [6.45, 7) is 7.11. The zero-order chi connectivity index (χ0) is 14.6. The van der Waals surface area contributed by atoms with Crippen LogP contribution in [0.5, 0.6) is 0 Å². The number of nitrogens with one attached hydrogen (secondary N) is 2. The SMILES string of the molecule is CC(=O)Nc1ccc(C)c(NC(=O)C(N)C(C)C)c1. The second kappa shape index (κ2) is 6.33. The quantitative estimate of drug-likeness (QED) is 0.775. The molecular weight excluding hydrogens is 242 g/mol. The minimum absolute atomic E-state index is 0.0684. The lowest BCUT2D eigenvalue weighted by atomic mass is 10.0. The fourth-order valence-corrected chi connectivity index (χ4v) is 1.56. The standard InChI is InChI=1S/C14H21N3O2/c1-8(2)13(15)14(19)17-12-7-11(16-10(4)18)6-5-9(12)3/h5-8,13H,15H2,1-4H3,(H,16,18)(H,17,19). The first-order valence-corrected chi connectivity index (χ1v) is 6.26. The van der Waals surface area contributed by atoms with Gasteiger partial charge in [0.15, 0.2) is 0 Å². The average Bonchev–Trinajstić information content (AvgIpc) is 2.31. The summed E-state index contributed by atoms with van der Waals surface area (Å²) in [7, 11) is 0. The number of anilines is 2. The Morgan fingerprint density at radius 2 is 1.84 bits per heavy atom. The highest BCUT2D eigenvalue weighted by Gasteiger charge is 2.17. The van der Waals surface area contributed by atoms with Crippen molar-refractivity contribution in [2.75, 3.05) is 10.6 Å². The van der Waals surface area contributed by atoms with Gasteiger partial charge in [-0.25, -0.2) is 0 Å². The van der Waals surface area contributed by atoms with Crippen LogP contribution >= 0.6 is 0 Å². The lowest BCUT2D eigenvalue weighted by molar-refractivity contribution is -0.118. The number of carbonyl (C=O) groups excluding carboxylic acids is 2. The molecule has 0 saturated heterocycles. The summed E-state index contributed by atoms with van der Waals surface area (Å²) < 4.78 is 0. The molecule has 1 aromatic rings. The van der Waals surface area contributed by atoms with Crippen molar-refractivity contribution in [3.63, 3.8) is 0 Å². The minimum Gasteiger partial charge on any atom is -0.326 e. The molecule has 0 aliphatic carbocycles. The molecule has 1 rings (SSSR count). The Balaban J connectivity index is 2.88. The van der Waals surface area contributed by atoms with Gasteiger partial charge in [0.05, 0.1) is 6.04 Å². The fraction of sp³-hybridized carbons (Fsp3) is 0.429. The van der Waals surface area contributed by atoms with Crippen LogP contribution in [0, 0.1) is 12.8 Å². The van der Waals surface area contributed by atoms with E-state index in [4.69, 9.17) is 5.73 Å². The first-order valence-electron chi connectivity index (χ1n) is 6.26. The van der Waals surface area contributed by atoms with Gasteiger partial charge < -0.3 is 16.4 Å². The van der Waals surface area contributed by atoms with E-state index in [9.17, 15) is 9.59 Å². The Hall–Kier alpha value is -1.88. The van der Waals surface area contributed by atoms with Crippen molar-refractivity contribution in [2.24, 2.45) is 11.7 Å². The molecule has 0 heterocycles. The zero-order valence-electron chi connectivity index (χ0n) is 11.8. The van der Waals surface area contributed by atoms with Crippen LogP contribution in [-0.2, 0) is 9.59 Å². The monoisotopic (exact) mass is 263 g/mol. The number of carbonyl (C=O) groups is 2. The Morgan fingerprint density at radius 1 is 1.21 bits per heavy atom. The van der Waals surface area contributed by atoms with Gasteiger partial charge in [0.1, 0.15) is 0 Å². The molecule has 1 aromatic carbocycles. The first-order chi connectivity index (χ1) is 8.81. The summed E-state index contributed by atoms with van der Waals surface area (Å²) in [5.41, 5.74) is 8.01. The van der Waals surface area contributed by atoms with Crippen LogP contribution in [0.1, 0.15) is 26.3 Å². The smallest absolute Gasteiger partial charge is 0.241 e. The number of aryl methyl sites for hydroxylation is 1. The van der Waals surface area contributed by atoms with Crippen LogP contribution in [-0.4, -0.2) is 17.9 Å². The summed E-state index contributed by atoms with van der Waals surface area (Å²) in [6.07, 6.45) is 0. The van der Waals surface area contributed by atoms with Crippen LogP contribution in [0.2, 0.25) is 0 Å². The molecular formula is C14H21N3O2. The maximum absolute atomic E-state index is 11.9. The van der Waals surface area contributed by atoms with Crippen molar-refractivity contribution in [3.05, 3.63) is 23.8 Å². The van der Waals surface area contributed by atoms with Crippen LogP contribution < -0.4 is 16.4 Å². The number of rotatable bonds is 4. The number of nitrogens with two attached hydrogens (primary N) is 1. The lowest BCUT2D eigenvalue weighted by Crippen LogP contribution is -2.39. The van der Waals surface area contributed by atoms with Crippen molar-refractivity contribution >= 4 is 23.2 Å². The largest absolute Gasteiger partial charge is 0.326 e. The van der Waals surface area contributed by atoms with Gasteiger partial charge in [-0.15, -0.1) is 0 Å². The van der Waals surface area contributed by atoms with E-state index in [0.717, 1.165) is 5.56 Å². The molecule has 0 radical (unpaired) electrons. The van der Waals surface area contributed by atoms with E-state index in [1.54, 1.807) is 12.1 Å². The molecule has 0 aromatic heterocycles. The normalized spacial score (nSPS) is 12.1. The minimum atomic E-state index is -0.552. The first kappa shape index (κ1) is 15.2. The van der Waals surface area contributed by atoms with Crippen molar-refractivity contribution in [2.45, 2.75) is 33.7 Å². The third-order valence-corrected chi connectivity index (χ3v) is 2.84. The summed E-state index contributed by atoms with van der Waals surface area (Å²) in [6, 6.07) is 4.79. The van der Waals surface area contributed by atoms with Gasteiger partial charge in [-0.1, -0.05) is 19.9 Å². The summed E-state index contributed by atoms with van der Waals surface area (Å²) in [5.74, 6) is -0.308. The maximum atomic E-state index is 11.9. The van der Waals surface area contributed by atoms with Crippen LogP contribution in [0.15, 0.2) is 18.2 Å². The van der Waals surface area contributed by atoms with Gasteiger partial charge in [0.25, 0.3) is 0 Å². The Morgan fingerprint density at radius 3 is 2.37 bits per heavy atom. The predicted octanol–water partition coefficient (Wildman–Crippen LogP) is 1.88. The van der Waals surface area contributed by atoms with Crippen molar-refractivity contribution in [3.8, 4) is 0 Å². The zero-order valence-corrected chi connectivity index (χ0v) is 11.8. The molecule has 0 aliphatic heterocycles. The number of amides is 2. The molecule has 0 saturated carbocycles. The Kier molecular flexibility index (Phi) is 5.06. The molecule has 5 heteroatoms. The average molecular weight is 263 g/mol. The Labute approximate surface area is 113 Å². The molecule has 5 nitrogen and oxygen atoms in total. The van der Waals surface area contributed by atoms with Gasteiger partial charge >= 0.3 is 0 Å². The highest BCUT2D eigenvalue weighted by Crippen LogP contribution is 2.20. The molecule has 19 heavy (non-hydrogen) atoms. The molecule has 2 amide bonds. The summed E-state index contributed by atoms with van der Waals surface area (Å²) in [5, 5.41) is 5.47.